The SMILES string of the molecule is Cc1ccc(C(=O)Nc2nc3ccccc3s2)cc1NC(=O)c1ccco1. The van der Waals surface area contributed by atoms with Crippen molar-refractivity contribution in [1.29, 1.82) is 0 Å². The smallest absolute Gasteiger partial charge is 0.291 e. The van der Waals surface area contributed by atoms with Crippen LogP contribution in [0.25, 0.3) is 10.2 Å². The summed E-state index contributed by atoms with van der Waals surface area (Å²) >= 11 is 1.41. The van der Waals surface area contributed by atoms with Gasteiger partial charge in [-0.1, -0.05) is 29.5 Å². The molecule has 0 radical (unpaired) electrons. The Hall–Kier alpha value is -3.45. The number of amides is 2. The third kappa shape index (κ3) is 3.58. The van der Waals surface area contributed by atoms with Crippen LogP contribution in [-0.4, -0.2) is 16.8 Å². The normalized spacial score (nSPS) is 10.7. The second kappa shape index (κ2) is 7.05. The van der Waals surface area contributed by atoms with Crippen molar-refractivity contribution in [3.05, 3.63) is 77.7 Å². The standard InChI is InChI=1S/C20H15N3O3S/c1-12-8-9-13(11-15(12)21-19(25)16-6-4-10-26-16)18(24)23-20-22-14-5-2-3-7-17(14)27-20/h2-11H,1H3,(H,21,25)(H,22,23,24). The van der Waals surface area contributed by atoms with Crippen LogP contribution in [0.5, 0.6) is 0 Å². The molecular formula is C20H15N3O3S. The van der Waals surface area contributed by atoms with Crippen molar-refractivity contribution >= 4 is 44.2 Å². The van der Waals surface area contributed by atoms with Crippen molar-refractivity contribution in [2.45, 2.75) is 6.92 Å². The number of hydrogen-bond donors (Lipinski definition) is 2. The minimum absolute atomic E-state index is 0.207. The molecule has 0 spiro atoms. The number of hydrogen-bond acceptors (Lipinski definition) is 5. The predicted octanol–water partition coefficient (Wildman–Crippen LogP) is 4.70. The largest absolute Gasteiger partial charge is 0.459 e. The maximum absolute atomic E-state index is 12.6. The van der Waals surface area contributed by atoms with Gasteiger partial charge in [0.1, 0.15) is 0 Å². The number of fused-ring (bicyclic) bond motifs is 1. The molecule has 2 aromatic carbocycles. The summed E-state index contributed by atoms with van der Waals surface area (Å²) in [6.07, 6.45) is 1.43. The molecule has 0 saturated heterocycles. The Morgan fingerprint density at radius 1 is 1.00 bits per heavy atom. The summed E-state index contributed by atoms with van der Waals surface area (Å²) in [5.74, 6) is -0.451. The highest BCUT2D eigenvalue weighted by Crippen LogP contribution is 2.26. The number of anilines is 2. The maximum Gasteiger partial charge on any atom is 0.291 e. The molecule has 0 saturated carbocycles. The monoisotopic (exact) mass is 377 g/mol. The summed E-state index contributed by atoms with van der Waals surface area (Å²) in [4.78, 5) is 29.2. The third-order valence-electron chi connectivity index (χ3n) is 4.01. The average molecular weight is 377 g/mol. The van der Waals surface area contributed by atoms with Gasteiger partial charge >= 0.3 is 0 Å². The van der Waals surface area contributed by atoms with Crippen LogP contribution < -0.4 is 10.6 Å². The zero-order valence-electron chi connectivity index (χ0n) is 14.4. The van der Waals surface area contributed by atoms with Gasteiger partial charge in [0, 0.05) is 11.3 Å². The Morgan fingerprint density at radius 2 is 1.85 bits per heavy atom. The number of nitrogens with one attached hydrogen (secondary N) is 2. The Balaban J connectivity index is 1.54. The lowest BCUT2D eigenvalue weighted by Crippen LogP contribution is -2.15. The molecule has 7 heteroatoms. The molecule has 0 bridgehead atoms. The number of para-hydroxylation sites is 1. The Kier molecular flexibility index (Phi) is 4.43. The van der Waals surface area contributed by atoms with Gasteiger partial charge in [0.25, 0.3) is 11.8 Å². The summed E-state index contributed by atoms with van der Waals surface area (Å²) in [6.45, 7) is 1.85. The molecule has 0 fully saturated rings. The van der Waals surface area contributed by atoms with Crippen LogP contribution in [0.3, 0.4) is 0 Å². The predicted molar refractivity (Wildman–Crippen MR) is 105 cm³/mol. The first-order valence-electron chi connectivity index (χ1n) is 8.22. The van der Waals surface area contributed by atoms with E-state index in [1.54, 1.807) is 30.3 Å². The van der Waals surface area contributed by atoms with Gasteiger partial charge in [-0.2, -0.15) is 0 Å². The highest BCUT2D eigenvalue weighted by Gasteiger charge is 2.14. The number of carbonyl (C=O) groups is 2. The number of aromatic nitrogens is 1. The van der Waals surface area contributed by atoms with Gasteiger partial charge in [0.05, 0.1) is 16.5 Å². The van der Waals surface area contributed by atoms with Crippen LogP contribution in [0.4, 0.5) is 10.8 Å². The van der Waals surface area contributed by atoms with E-state index in [0.29, 0.717) is 16.4 Å². The van der Waals surface area contributed by atoms with Gasteiger partial charge in [0.15, 0.2) is 10.9 Å². The first-order valence-corrected chi connectivity index (χ1v) is 9.04. The van der Waals surface area contributed by atoms with Crippen LogP contribution in [-0.2, 0) is 0 Å². The number of nitrogens with zero attached hydrogens (tertiary/aromatic N) is 1. The van der Waals surface area contributed by atoms with E-state index in [4.69, 9.17) is 4.42 Å². The first kappa shape index (κ1) is 17.0. The number of furan rings is 1. The quantitative estimate of drug-likeness (QED) is 0.540. The van der Waals surface area contributed by atoms with E-state index in [0.717, 1.165) is 15.8 Å². The lowest BCUT2D eigenvalue weighted by molar-refractivity contribution is 0.0993. The fourth-order valence-electron chi connectivity index (χ4n) is 2.58. The molecule has 0 atom stereocenters. The summed E-state index contributed by atoms with van der Waals surface area (Å²) in [5.41, 5.74) is 2.66. The molecule has 2 N–H and O–H groups in total. The minimum atomic E-state index is -0.369. The molecular weight excluding hydrogens is 362 g/mol. The highest BCUT2D eigenvalue weighted by molar-refractivity contribution is 7.22. The minimum Gasteiger partial charge on any atom is -0.459 e. The number of rotatable bonds is 4. The van der Waals surface area contributed by atoms with Crippen molar-refractivity contribution in [2.75, 3.05) is 10.6 Å². The van der Waals surface area contributed by atoms with E-state index in [9.17, 15) is 9.59 Å². The van der Waals surface area contributed by atoms with Gasteiger partial charge in [-0.25, -0.2) is 4.98 Å². The van der Waals surface area contributed by atoms with E-state index < -0.39 is 0 Å². The summed E-state index contributed by atoms with van der Waals surface area (Å²) in [5, 5.41) is 6.11. The topological polar surface area (TPSA) is 84.2 Å². The van der Waals surface area contributed by atoms with Crippen LogP contribution in [0.1, 0.15) is 26.5 Å². The number of carbonyl (C=O) groups excluding carboxylic acids is 2. The van der Waals surface area contributed by atoms with E-state index in [-0.39, 0.29) is 17.6 Å². The number of aryl methyl sites for hydroxylation is 1. The molecule has 2 aromatic heterocycles. The van der Waals surface area contributed by atoms with E-state index >= 15 is 0 Å². The van der Waals surface area contributed by atoms with Crippen LogP contribution in [0.15, 0.2) is 65.3 Å². The van der Waals surface area contributed by atoms with Crippen LogP contribution in [0.2, 0.25) is 0 Å². The summed E-state index contributed by atoms with van der Waals surface area (Å²) in [7, 11) is 0. The van der Waals surface area contributed by atoms with Gasteiger partial charge in [-0.05, 0) is 48.9 Å². The van der Waals surface area contributed by atoms with Crippen molar-refractivity contribution in [2.24, 2.45) is 0 Å². The average Bonchev–Trinajstić information content (AvgIpc) is 3.32. The third-order valence-corrected chi connectivity index (χ3v) is 4.96. The van der Waals surface area contributed by atoms with Crippen molar-refractivity contribution in [3.8, 4) is 0 Å². The van der Waals surface area contributed by atoms with Crippen molar-refractivity contribution < 1.29 is 14.0 Å². The first-order chi connectivity index (χ1) is 13.1. The van der Waals surface area contributed by atoms with Gasteiger partial charge in [0.2, 0.25) is 0 Å². The molecule has 2 heterocycles. The van der Waals surface area contributed by atoms with Crippen molar-refractivity contribution in [1.82, 2.24) is 4.98 Å². The van der Waals surface area contributed by atoms with E-state index in [1.807, 2.05) is 31.2 Å². The van der Waals surface area contributed by atoms with Crippen LogP contribution in [0, 0.1) is 6.92 Å². The number of thiazole rings is 1. The molecule has 0 aliphatic heterocycles. The van der Waals surface area contributed by atoms with E-state index in [2.05, 4.69) is 15.6 Å². The lowest BCUT2D eigenvalue weighted by atomic mass is 10.1. The second-order valence-electron chi connectivity index (χ2n) is 5.90. The van der Waals surface area contributed by atoms with Crippen molar-refractivity contribution in [3.63, 3.8) is 0 Å². The maximum atomic E-state index is 12.6. The molecule has 0 aliphatic carbocycles. The molecule has 0 unspecified atom stereocenters. The molecule has 134 valence electrons. The lowest BCUT2D eigenvalue weighted by Gasteiger charge is -2.09. The van der Waals surface area contributed by atoms with Gasteiger partial charge in [-0.15, -0.1) is 0 Å². The molecule has 2 amide bonds. The Bertz CT molecular complexity index is 1100. The molecule has 6 nitrogen and oxygen atoms in total. The summed E-state index contributed by atoms with van der Waals surface area (Å²) < 4.78 is 6.10. The highest BCUT2D eigenvalue weighted by atomic mass is 32.1. The van der Waals surface area contributed by atoms with E-state index in [1.165, 1.54) is 17.6 Å². The molecule has 4 rings (SSSR count). The zero-order chi connectivity index (χ0) is 18.8. The Labute approximate surface area is 158 Å². The fourth-order valence-corrected chi connectivity index (χ4v) is 3.45. The fraction of sp³-hybridized carbons (Fsp3) is 0.0500. The molecule has 0 aliphatic rings. The van der Waals surface area contributed by atoms with Gasteiger partial charge < -0.3 is 9.73 Å². The Morgan fingerprint density at radius 3 is 2.63 bits per heavy atom. The number of benzene rings is 2. The van der Waals surface area contributed by atoms with Crippen LogP contribution >= 0.6 is 11.3 Å². The molecule has 27 heavy (non-hydrogen) atoms. The molecule has 4 aromatic rings. The summed E-state index contributed by atoms with van der Waals surface area (Å²) in [6, 6.07) is 16.0. The van der Waals surface area contributed by atoms with Gasteiger partial charge in [-0.3, -0.25) is 14.9 Å². The second-order valence-corrected chi connectivity index (χ2v) is 6.93. The zero-order valence-corrected chi connectivity index (χ0v) is 15.2.